The quantitative estimate of drug-likeness (QED) is 0.771. The molecule has 0 aliphatic rings. The molecular formula is C20H26N2O4. The van der Waals surface area contributed by atoms with Crippen LogP contribution in [0.4, 0.5) is 0 Å². The Kier molecular flexibility index (Phi) is 6.44. The number of ether oxygens (including phenoxy) is 2. The van der Waals surface area contributed by atoms with Gasteiger partial charge in [0.15, 0.2) is 0 Å². The summed E-state index contributed by atoms with van der Waals surface area (Å²) in [5.41, 5.74) is 3.21. The summed E-state index contributed by atoms with van der Waals surface area (Å²) in [6, 6.07) is 7.66. The van der Waals surface area contributed by atoms with Crippen molar-refractivity contribution in [2.45, 2.75) is 33.7 Å². The van der Waals surface area contributed by atoms with Gasteiger partial charge < -0.3 is 19.4 Å². The van der Waals surface area contributed by atoms with E-state index in [0.29, 0.717) is 42.1 Å². The maximum absolute atomic E-state index is 12.8. The molecule has 6 nitrogen and oxygen atoms in total. The molecule has 0 bridgehead atoms. The molecule has 1 heterocycles. The molecule has 0 spiro atoms. The van der Waals surface area contributed by atoms with Crippen LogP contribution in [0.15, 0.2) is 24.3 Å². The Morgan fingerprint density at radius 3 is 2.35 bits per heavy atom. The molecule has 26 heavy (non-hydrogen) atoms. The van der Waals surface area contributed by atoms with Crippen molar-refractivity contribution in [3.8, 4) is 5.75 Å². The molecule has 1 N–H and O–H groups in total. The van der Waals surface area contributed by atoms with E-state index in [0.717, 1.165) is 11.3 Å². The molecule has 0 aliphatic carbocycles. The number of esters is 1. The lowest BCUT2D eigenvalue weighted by atomic mass is 10.1. The van der Waals surface area contributed by atoms with Crippen LogP contribution in [0.25, 0.3) is 0 Å². The lowest BCUT2D eigenvalue weighted by Gasteiger charge is -2.17. The fourth-order valence-corrected chi connectivity index (χ4v) is 2.91. The van der Waals surface area contributed by atoms with Gasteiger partial charge >= 0.3 is 5.97 Å². The third-order valence-electron chi connectivity index (χ3n) is 4.29. The van der Waals surface area contributed by atoms with Crippen LogP contribution in [-0.4, -0.2) is 42.5 Å². The summed E-state index contributed by atoms with van der Waals surface area (Å²) in [4.78, 5) is 29.6. The Morgan fingerprint density at radius 1 is 1.15 bits per heavy atom. The number of methoxy groups -OCH3 is 1. The van der Waals surface area contributed by atoms with E-state index in [1.807, 2.05) is 38.1 Å². The summed E-state index contributed by atoms with van der Waals surface area (Å²) in [5, 5.41) is 0. The van der Waals surface area contributed by atoms with E-state index in [1.165, 1.54) is 7.11 Å². The third kappa shape index (κ3) is 4.07. The van der Waals surface area contributed by atoms with E-state index in [-0.39, 0.29) is 5.91 Å². The van der Waals surface area contributed by atoms with E-state index >= 15 is 0 Å². The van der Waals surface area contributed by atoms with Gasteiger partial charge in [-0.25, -0.2) is 4.79 Å². The minimum atomic E-state index is -0.427. The van der Waals surface area contributed by atoms with Crippen LogP contribution in [0.3, 0.4) is 0 Å². The summed E-state index contributed by atoms with van der Waals surface area (Å²) in [6.45, 7) is 6.70. The zero-order valence-corrected chi connectivity index (χ0v) is 16.0. The summed E-state index contributed by atoms with van der Waals surface area (Å²) in [7, 11) is 3.08. The lowest BCUT2D eigenvalue weighted by Crippen LogP contribution is -2.27. The first-order chi connectivity index (χ1) is 12.4. The van der Waals surface area contributed by atoms with Gasteiger partial charge in [-0.1, -0.05) is 19.1 Å². The first kappa shape index (κ1) is 19.6. The van der Waals surface area contributed by atoms with Gasteiger partial charge in [0.05, 0.1) is 19.3 Å². The van der Waals surface area contributed by atoms with Gasteiger partial charge in [-0.3, -0.25) is 4.79 Å². The van der Waals surface area contributed by atoms with Gasteiger partial charge in [-0.2, -0.15) is 0 Å². The molecule has 0 saturated heterocycles. The van der Waals surface area contributed by atoms with Crippen LogP contribution >= 0.6 is 0 Å². The highest BCUT2D eigenvalue weighted by Crippen LogP contribution is 2.22. The molecule has 1 aromatic heterocycles. The van der Waals surface area contributed by atoms with E-state index in [4.69, 9.17) is 9.47 Å². The second-order valence-corrected chi connectivity index (χ2v) is 6.06. The molecule has 0 fully saturated rings. The number of hydrogen-bond acceptors (Lipinski definition) is 4. The van der Waals surface area contributed by atoms with E-state index in [2.05, 4.69) is 4.98 Å². The van der Waals surface area contributed by atoms with Crippen molar-refractivity contribution < 1.29 is 19.1 Å². The van der Waals surface area contributed by atoms with E-state index in [9.17, 15) is 9.59 Å². The summed E-state index contributed by atoms with van der Waals surface area (Å²) >= 11 is 0. The largest absolute Gasteiger partial charge is 0.494 e. The molecule has 6 heteroatoms. The van der Waals surface area contributed by atoms with Gasteiger partial charge in [0.2, 0.25) is 0 Å². The van der Waals surface area contributed by atoms with Crippen molar-refractivity contribution in [2.24, 2.45) is 0 Å². The molecular weight excluding hydrogens is 332 g/mol. The number of nitrogens with zero attached hydrogens (tertiary/aromatic N) is 1. The molecule has 1 aromatic carbocycles. The predicted molar refractivity (Wildman–Crippen MR) is 99.7 cm³/mol. The van der Waals surface area contributed by atoms with Crippen LogP contribution in [0, 0.1) is 6.92 Å². The number of carbonyl (C=O) groups excluding carboxylic acids is 2. The summed E-state index contributed by atoms with van der Waals surface area (Å²) < 4.78 is 10.3. The number of amides is 1. The molecule has 140 valence electrons. The van der Waals surface area contributed by atoms with Crippen molar-refractivity contribution in [1.29, 1.82) is 0 Å². The molecule has 1 amide bonds. The van der Waals surface area contributed by atoms with E-state index < -0.39 is 5.97 Å². The maximum atomic E-state index is 12.8. The molecule has 0 atom stereocenters. The first-order valence-electron chi connectivity index (χ1n) is 8.69. The number of rotatable bonds is 7. The van der Waals surface area contributed by atoms with Crippen LogP contribution in [0.2, 0.25) is 0 Å². The highest BCUT2D eigenvalue weighted by molar-refractivity contribution is 6.00. The monoisotopic (exact) mass is 358 g/mol. The highest BCUT2D eigenvalue weighted by Gasteiger charge is 2.25. The number of aromatic nitrogens is 1. The van der Waals surface area contributed by atoms with Crippen LogP contribution in [0.5, 0.6) is 5.75 Å². The van der Waals surface area contributed by atoms with Crippen LogP contribution < -0.4 is 4.74 Å². The Labute approximate surface area is 154 Å². The van der Waals surface area contributed by atoms with Crippen molar-refractivity contribution in [3.05, 3.63) is 52.3 Å². The molecule has 0 saturated carbocycles. The number of carbonyl (C=O) groups is 2. The second-order valence-electron chi connectivity index (χ2n) is 6.06. The van der Waals surface area contributed by atoms with Crippen molar-refractivity contribution in [3.63, 3.8) is 0 Å². The maximum Gasteiger partial charge on any atom is 0.339 e. The molecule has 0 unspecified atom stereocenters. The summed E-state index contributed by atoms with van der Waals surface area (Å²) in [5.74, 6) is 0.214. The zero-order valence-electron chi connectivity index (χ0n) is 16.0. The second kappa shape index (κ2) is 8.56. The fraction of sp³-hybridized carbons (Fsp3) is 0.400. The summed E-state index contributed by atoms with van der Waals surface area (Å²) in [6.07, 6.45) is 0.612. The Hall–Kier alpha value is -2.76. The first-order valence-corrected chi connectivity index (χ1v) is 8.69. The third-order valence-corrected chi connectivity index (χ3v) is 4.29. The van der Waals surface area contributed by atoms with Gasteiger partial charge in [0.1, 0.15) is 11.4 Å². The average molecular weight is 358 g/mol. The molecule has 0 aliphatic heterocycles. The van der Waals surface area contributed by atoms with Crippen molar-refractivity contribution in [2.75, 3.05) is 20.8 Å². The lowest BCUT2D eigenvalue weighted by molar-refractivity contribution is 0.0599. The minimum absolute atomic E-state index is 0.166. The average Bonchev–Trinajstić information content (AvgIpc) is 2.98. The fourth-order valence-electron chi connectivity index (χ4n) is 2.91. The molecule has 2 aromatic rings. The number of aromatic amines is 1. The Bertz CT molecular complexity index is 778. The molecule has 2 rings (SSSR count). The van der Waals surface area contributed by atoms with Crippen LogP contribution in [-0.2, 0) is 17.7 Å². The SMILES string of the molecule is CCOc1ccc(CN(C)C(=O)c2[nH]c(CC)c(C(=O)OC)c2C)cc1. The smallest absolute Gasteiger partial charge is 0.339 e. The normalized spacial score (nSPS) is 10.5. The topological polar surface area (TPSA) is 71.6 Å². The number of benzene rings is 1. The minimum Gasteiger partial charge on any atom is -0.494 e. The van der Waals surface area contributed by atoms with Crippen LogP contribution in [0.1, 0.15) is 51.5 Å². The Morgan fingerprint density at radius 2 is 1.81 bits per heavy atom. The van der Waals surface area contributed by atoms with Gasteiger partial charge in [0.25, 0.3) is 5.91 Å². The predicted octanol–water partition coefficient (Wildman–Crippen LogP) is 3.34. The molecule has 0 radical (unpaired) electrons. The standard InChI is InChI=1S/C20H26N2O4/c1-6-16-17(20(24)25-5)13(3)18(21-16)19(23)22(4)12-14-8-10-15(11-9-14)26-7-2/h8-11,21H,6-7,12H2,1-5H3. The Balaban J connectivity index is 2.20. The number of H-pyrrole nitrogens is 1. The number of aryl methyl sites for hydroxylation is 1. The van der Waals surface area contributed by atoms with Crippen molar-refractivity contribution in [1.82, 2.24) is 9.88 Å². The van der Waals surface area contributed by atoms with Gasteiger partial charge in [-0.15, -0.1) is 0 Å². The highest BCUT2D eigenvalue weighted by atomic mass is 16.5. The van der Waals surface area contributed by atoms with Gasteiger partial charge in [0, 0.05) is 19.3 Å². The van der Waals surface area contributed by atoms with Crippen molar-refractivity contribution >= 4 is 11.9 Å². The number of nitrogens with one attached hydrogen (secondary N) is 1. The van der Waals surface area contributed by atoms with E-state index in [1.54, 1.807) is 18.9 Å². The van der Waals surface area contributed by atoms with Gasteiger partial charge in [-0.05, 0) is 43.5 Å². The number of hydrogen-bond donors (Lipinski definition) is 1. The zero-order chi connectivity index (χ0) is 19.3.